The lowest BCUT2D eigenvalue weighted by Gasteiger charge is -2.13. The summed E-state index contributed by atoms with van der Waals surface area (Å²) in [5.41, 5.74) is 2.65. The first-order valence-corrected chi connectivity index (χ1v) is 10.5. The highest BCUT2D eigenvalue weighted by atomic mass is 16.5. The fourth-order valence-electron chi connectivity index (χ4n) is 3.87. The standard InChI is InChI=1S/C23H26N4O5/c1-4-20-25-26(23(29)17-13-19-16(27(17)20)10-12-32-19)11-6-9-21(28)24-14-15-7-5-8-18(30-2)22(15)31-3/h5,7-8,10,12-13H,4,6,9,11,14H2,1-3H3,(H,24,28). The molecule has 0 saturated heterocycles. The van der Waals surface area contributed by atoms with E-state index in [1.54, 1.807) is 32.6 Å². The van der Waals surface area contributed by atoms with E-state index < -0.39 is 0 Å². The summed E-state index contributed by atoms with van der Waals surface area (Å²) in [7, 11) is 3.14. The van der Waals surface area contributed by atoms with Crippen molar-refractivity contribution < 1.29 is 18.7 Å². The molecule has 0 radical (unpaired) electrons. The summed E-state index contributed by atoms with van der Waals surface area (Å²) in [5.74, 6) is 1.87. The van der Waals surface area contributed by atoms with E-state index >= 15 is 0 Å². The predicted octanol–water partition coefficient (Wildman–Crippen LogP) is 2.92. The normalized spacial score (nSPS) is 11.2. The molecule has 4 aromatic rings. The monoisotopic (exact) mass is 438 g/mol. The number of carbonyl (C=O) groups excluding carboxylic acids is 1. The second-order valence-electron chi connectivity index (χ2n) is 7.37. The van der Waals surface area contributed by atoms with Crippen molar-refractivity contribution in [3.05, 3.63) is 58.3 Å². The molecule has 0 atom stereocenters. The summed E-state index contributed by atoms with van der Waals surface area (Å²) < 4.78 is 19.4. The topological polar surface area (TPSA) is 100 Å². The third-order valence-electron chi connectivity index (χ3n) is 5.42. The highest BCUT2D eigenvalue weighted by molar-refractivity contribution is 5.82. The summed E-state index contributed by atoms with van der Waals surface area (Å²) in [5, 5.41) is 7.41. The van der Waals surface area contributed by atoms with Gasteiger partial charge in [-0.15, -0.1) is 0 Å². The van der Waals surface area contributed by atoms with Gasteiger partial charge < -0.3 is 19.2 Å². The molecule has 0 saturated carbocycles. The molecule has 0 unspecified atom stereocenters. The van der Waals surface area contributed by atoms with E-state index in [0.29, 0.717) is 48.5 Å². The van der Waals surface area contributed by atoms with E-state index in [0.717, 1.165) is 16.9 Å². The largest absolute Gasteiger partial charge is 0.493 e. The van der Waals surface area contributed by atoms with Gasteiger partial charge in [-0.3, -0.25) is 14.0 Å². The van der Waals surface area contributed by atoms with Gasteiger partial charge in [-0.1, -0.05) is 19.1 Å². The van der Waals surface area contributed by atoms with Crippen molar-refractivity contribution in [1.29, 1.82) is 0 Å². The van der Waals surface area contributed by atoms with Crippen molar-refractivity contribution in [2.75, 3.05) is 14.2 Å². The Balaban J connectivity index is 1.41. The lowest BCUT2D eigenvalue weighted by atomic mass is 10.1. The van der Waals surface area contributed by atoms with Crippen LogP contribution in [0.2, 0.25) is 0 Å². The molecule has 32 heavy (non-hydrogen) atoms. The number of aromatic nitrogens is 3. The molecular weight excluding hydrogens is 412 g/mol. The zero-order valence-corrected chi connectivity index (χ0v) is 18.4. The molecule has 0 spiro atoms. The third-order valence-corrected chi connectivity index (χ3v) is 5.42. The molecule has 3 aromatic heterocycles. The number of hydrogen-bond donors (Lipinski definition) is 1. The first-order valence-electron chi connectivity index (χ1n) is 10.5. The molecule has 1 amide bonds. The quantitative estimate of drug-likeness (QED) is 0.431. The van der Waals surface area contributed by atoms with Crippen LogP contribution in [-0.2, 0) is 24.3 Å². The average molecular weight is 438 g/mol. The van der Waals surface area contributed by atoms with Crippen LogP contribution in [0.1, 0.15) is 31.2 Å². The number of fused-ring (bicyclic) bond motifs is 3. The van der Waals surface area contributed by atoms with Crippen molar-refractivity contribution in [2.24, 2.45) is 0 Å². The van der Waals surface area contributed by atoms with Gasteiger partial charge in [-0.05, 0) is 12.5 Å². The molecule has 0 bridgehead atoms. The van der Waals surface area contributed by atoms with Gasteiger partial charge in [0.1, 0.15) is 11.3 Å². The number of ether oxygens (including phenoxy) is 2. The molecule has 4 rings (SSSR count). The molecule has 0 aliphatic carbocycles. The Morgan fingerprint density at radius 1 is 1.19 bits per heavy atom. The maximum atomic E-state index is 12.9. The third kappa shape index (κ3) is 3.93. The van der Waals surface area contributed by atoms with E-state index in [-0.39, 0.29) is 17.9 Å². The van der Waals surface area contributed by atoms with Gasteiger partial charge in [-0.2, -0.15) is 5.10 Å². The molecule has 0 aliphatic rings. The molecule has 9 nitrogen and oxygen atoms in total. The number of furan rings is 1. The van der Waals surface area contributed by atoms with Gasteiger partial charge in [0.05, 0.1) is 26.0 Å². The van der Waals surface area contributed by atoms with E-state index in [2.05, 4.69) is 10.4 Å². The lowest BCUT2D eigenvalue weighted by molar-refractivity contribution is -0.121. The number of hydrogen-bond acceptors (Lipinski definition) is 6. The van der Waals surface area contributed by atoms with Gasteiger partial charge >= 0.3 is 0 Å². The molecule has 0 aliphatic heterocycles. The van der Waals surface area contributed by atoms with Gasteiger partial charge in [0.2, 0.25) is 5.91 Å². The number of para-hydroxylation sites is 1. The number of amides is 1. The fourth-order valence-corrected chi connectivity index (χ4v) is 3.87. The number of nitrogens with one attached hydrogen (secondary N) is 1. The summed E-state index contributed by atoms with van der Waals surface area (Å²) in [6.07, 6.45) is 3.02. The van der Waals surface area contributed by atoms with E-state index in [4.69, 9.17) is 13.9 Å². The van der Waals surface area contributed by atoms with Crippen molar-refractivity contribution in [1.82, 2.24) is 19.5 Å². The number of benzene rings is 1. The van der Waals surface area contributed by atoms with Gasteiger partial charge in [0.25, 0.3) is 5.56 Å². The lowest BCUT2D eigenvalue weighted by Crippen LogP contribution is -2.28. The SMILES string of the molecule is CCc1nn(CCCC(=O)NCc2cccc(OC)c2OC)c(=O)c2cc3occc3n12. The van der Waals surface area contributed by atoms with Gasteiger partial charge in [0.15, 0.2) is 17.1 Å². The van der Waals surface area contributed by atoms with E-state index in [1.807, 2.05) is 29.5 Å². The molecule has 9 heteroatoms. The smallest absolute Gasteiger partial charge is 0.291 e. The number of rotatable bonds is 9. The molecule has 168 valence electrons. The van der Waals surface area contributed by atoms with Crippen molar-refractivity contribution in [2.45, 2.75) is 39.3 Å². The highest BCUT2D eigenvalue weighted by Gasteiger charge is 2.15. The van der Waals surface area contributed by atoms with Crippen LogP contribution >= 0.6 is 0 Å². The van der Waals surface area contributed by atoms with Crippen LogP contribution in [0.15, 0.2) is 45.8 Å². The van der Waals surface area contributed by atoms with E-state index in [1.165, 1.54) is 4.68 Å². The Hall–Kier alpha value is -3.75. The zero-order valence-electron chi connectivity index (χ0n) is 18.4. The highest BCUT2D eigenvalue weighted by Crippen LogP contribution is 2.30. The maximum absolute atomic E-state index is 12.9. The van der Waals surface area contributed by atoms with Crippen LogP contribution in [-0.4, -0.2) is 34.3 Å². The summed E-state index contributed by atoms with van der Waals surface area (Å²) in [6.45, 7) is 2.67. The Kier molecular flexibility index (Phi) is 6.16. The summed E-state index contributed by atoms with van der Waals surface area (Å²) in [6, 6.07) is 9.09. The Morgan fingerprint density at radius 2 is 2.03 bits per heavy atom. The summed E-state index contributed by atoms with van der Waals surface area (Å²) in [4.78, 5) is 25.2. The van der Waals surface area contributed by atoms with Crippen LogP contribution in [0, 0.1) is 0 Å². The number of methoxy groups -OCH3 is 2. The van der Waals surface area contributed by atoms with E-state index in [9.17, 15) is 9.59 Å². The second-order valence-corrected chi connectivity index (χ2v) is 7.37. The average Bonchev–Trinajstić information content (AvgIpc) is 3.41. The van der Waals surface area contributed by atoms with Crippen LogP contribution in [0.3, 0.4) is 0 Å². The molecule has 3 heterocycles. The maximum Gasteiger partial charge on any atom is 0.291 e. The van der Waals surface area contributed by atoms with Crippen molar-refractivity contribution in [3.63, 3.8) is 0 Å². The number of carbonyl (C=O) groups is 1. The van der Waals surface area contributed by atoms with Crippen molar-refractivity contribution >= 4 is 22.5 Å². The molecular formula is C23H26N4O5. The minimum atomic E-state index is -0.199. The van der Waals surface area contributed by atoms with Crippen LogP contribution in [0.4, 0.5) is 0 Å². The Morgan fingerprint density at radius 3 is 2.78 bits per heavy atom. The first-order chi connectivity index (χ1) is 15.6. The minimum Gasteiger partial charge on any atom is -0.493 e. The Bertz CT molecular complexity index is 1320. The first kappa shape index (κ1) is 21.5. The zero-order chi connectivity index (χ0) is 22.7. The fraction of sp³-hybridized carbons (Fsp3) is 0.348. The van der Waals surface area contributed by atoms with Crippen LogP contribution in [0.5, 0.6) is 11.5 Å². The number of aryl methyl sites for hydroxylation is 2. The molecule has 1 N–H and O–H groups in total. The number of nitrogens with zero attached hydrogens (tertiary/aromatic N) is 3. The van der Waals surface area contributed by atoms with Gasteiger partial charge in [0, 0.05) is 43.6 Å². The van der Waals surface area contributed by atoms with Crippen LogP contribution in [0.25, 0.3) is 16.6 Å². The van der Waals surface area contributed by atoms with Gasteiger partial charge in [-0.25, -0.2) is 4.68 Å². The molecule has 0 fully saturated rings. The van der Waals surface area contributed by atoms with Crippen LogP contribution < -0.4 is 20.3 Å². The molecule has 1 aromatic carbocycles. The Labute approximate surface area is 184 Å². The minimum absolute atomic E-state index is 0.111. The second kappa shape index (κ2) is 9.17. The predicted molar refractivity (Wildman–Crippen MR) is 119 cm³/mol. The summed E-state index contributed by atoms with van der Waals surface area (Å²) >= 11 is 0. The van der Waals surface area contributed by atoms with Crippen molar-refractivity contribution in [3.8, 4) is 11.5 Å².